The molecule has 16 heavy (non-hydrogen) atoms. The van der Waals surface area contributed by atoms with E-state index in [1.165, 1.54) is 0 Å². The van der Waals surface area contributed by atoms with Crippen molar-refractivity contribution in [3.05, 3.63) is 12.7 Å². The van der Waals surface area contributed by atoms with Gasteiger partial charge >= 0.3 is 12.0 Å². The number of carbonyl (C=O) groups is 2. The van der Waals surface area contributed by atoms with Crippen LogP contribution < -0.4 is 5.32 Å². The van der Waals surface area contributed by atoms with Crippen LogP contribution in [0.2, 0.25) is 0 Å². The second-order valence-corrected chi connectivity index (χ2v) is 4.05. The van der Waals surface area contributed by atoms with Gasteiger partial charge in [0.05, 0.1) is 0 Å². The number of carbonyl (C=O) groups excluding carboxylic acids is 1. The van der Waals surface area contributed by atoms with Crippen LogP contribution in [0.3, 0.4) is 0 Å². The number of carboxylic acid groups (broad SMARTS) is 1. The Hall–Kier alpha value is -1.52. The summed E-state index contributed by atoms with van der Waals surface area (Å²) in [7, 11) is 0. The van der Waals surface area contributed by atoms with Crippen molar-refractivity contribution in [3.8, 4) is 0 Å². The summed E-state index contributed by atoms with van der Waals surface area (Å²) >= 11 is 0. The average molecular weight is 226 g/mol. The molecular formula is C11H18N2O3. The lowest BCUT2D eigenvalue weighted by atomic mass is 10.3. The van der Waals surface area contributed by atoms with Crippen LogP contribution >= 0.6 is 0 Å². The Labute approximate surface area is 95.1 Å². The van der Waals surface area contributed by atoms with Crippen molar-refractivity contribution >= 4 is 12.0 Å². The second kappa shape index (κ2) is 5.01. The van der Waals surface area contributed by atoms with E-state index in [2.05, 4.69) is 11.9 Å². The first-order chi connectivity index (χ1) is 7.55. The summed E-state index contributed by atoms with van der Waals surface area (Å²) in [5.41, 5.74) is -1.01. The SMILES string of the molecule is C=CCN(CCC)C(=O)NC1(C(=O)O)CC1. The molecule has 0 bridgehead atoms. The molecule has 0 aromatic rings. The maximum Gasteiger partial charge on any atom is 0.329 e. The van der Waals surface area contributed by atoms with Crippen molar-refractivity contribution in [3.63, 3.8) is 0 Å². The number of amides is 2. The van der Waals surface area contributed by atoms with Gasteiger partial charge in [-0.15, -0.1) is 6.58 Å². The Bertz CT molecular complexity index is 298. The van der Waals surface area contributed by atoms with Gasteiger partial charge in [-0.3, -0.25) is 0 Å². The largest absolute Gasteiger partial charge is 0.480 e. The Morgan fingerprint density at radius 1 is 1.56 bits per heavy atom. The summed E-state index contributed by atoms with van der Waals surface area (Å²) in [5.74, 6) is -0.948. The number of rotatable bonds is 6. The number of nitrogens with zero attached hydrogens (tertiary/aromatic N) is 1. The van der Waals surface area contributed by atoms with Crippen molar-refractivity contribution in [1.82, 2.24) is 10.2 Å². The highest BCUT2D eigenvalue weighted by atomic mass is 16.4. The first-order valence-corrected chi connectivity index (χ1v) is 5.47. The smallest absolute Gasteiger partial charge is 0.329 e. The van der Waals surface area contributed by atoms with Crippen LogP contribution in [0.25, 0.3) is 0 Å². The molecule has 90 valence electrons. The molecule has 0 aliphatic heterocycles. The lowest BCUT2D eigenvalue weighted by Gasteiger charge is -2.23. The Morgan fingerprint density at radius 3 is 2.56 bits per heavy atom. The minimum Gasteiger partial charge on any atom is -0.480 e. The van der Waals surface area contributed by atoms with Gasteiger partial charge in [0.15, 0.2) is 0 Å². The van der Waals surface area contributed by atoms with Gasteiger partial charge in [-0.05, 0) is 19.3 Å². The first kappa shape index (κ1) is 12.5. The van der Waals surface area contributed by atoms with Gasteiger partial charge in [-0.25, -0.2) is 9.59 Å². The molecule has 1 saturated carbocycles. The second-order valence-electron chi connectivity index (χ2n) is 4.05. The van der Waals surface area contributed by atoms with E-state index < -0.39 is 11.5 Å². The lowest BCUT2D eigenvalue weighted by Crippen LogP contribution is -2.49. The van der Waals surface area contributed by atoms with E-state index >= 15 is 0 Å². The zero-order chi connectivity index (χ0) is 12.2. The van der Waals surface area contributed by atoms with E-state index in [0.717, 1.165) is 6.42 Å². The molecular weight excluding hydrogens is 208 g/mol. The van der Waals surface area contributed by atoms with Gasteiger partial charge in [0.1, 0.15) is 5.54 Å². The number of aliphatic carboxylic acids is 1. The summed E-state index contributed by atoms with van der Waals surface area (Å²) in [4.78, 5) is 24.3. The molecule has 0 aromatic carbocycles. The number of carboxylic acids is 1. The lowest BCUT2D eigenvalue weighted by molar-refractivity contribution is -0.140. The Morgan fingerprint density at radius 2 is 2.19 bits per heavy atom. The van der Waals surface area contributed by atoms with Crippen molar-refractivity contribution in [2.45, 2.75) is 31.7 Å². The number of hydrogen-bond acceptors (Lipinski definition) is 2. The third kappa shape index (κ3) is 2.74. The molecule has 1 aliphatic rings. The molecule has 1 aliphatic carbocycles. The van der Waals surface area contributed by atoms with E-state index in [4.69, 9.17) is 5.11 Å². The molecule has 1 fully saturated rings. The topological polar surface area (TPSA) is 69.6 Å². The molecule has 1 rings (SSSR count). The molecule has 0 atom stereocenters. The van der Waals surface area contributed by atoms with E-state index in [0.29, 0.717) is 25.9 Å². The molecule has 0 heterocycles. The summed E-state index contributed by atoms with van der Waals surface area (Å²) in [6, 6.07) is -0.318. The summed E-state index contributed by atoms with van der Waals surface area (Å²) < 4.78 is 0. The summed E-state index contributed by atoms with van der Waals surface area (Å²) in [5, 5.41) is 11.5. The van der Waals surface area contributed by atoms with Crippen molar-refractivity contribution < 1.29 is 14.7 Å². The van der Waals surface area contributed by atoms with Gasteiger partial charge in [0.25, 0.3) is 0 Å². The summed E-state index contributed by atoms with van der Waals surface area (Å²) in [6.07, 6.45) is 3.50. The van der Waals surface area contributed by atoms with Gasteiger partial charge in [0.2, 0.25) is 0 Å². The molecule has 2 N–H and O–H groups in total. The quantitative estimate of drug-likeness (QED) is 0.669. The van der Waals surface area contributed by atoms with Crippen molar-refractivity contribution in [2.75, 3.05) is 13.1 Å². The maximum absolute atomic E-state index is 11.8. The fourth-order valence-electron chi connectivity index (χ4n) is 1.50. The van der Waals surface area contributed by atoms with Gasteiger partial charge < -0.3 is 15.3 Å². The van der Waals surface area contributed by atoms with Gasteiger partial charge in [0, 0.05) is 13.1 Å². The van der Waals surface area contributed by atoms with Crippen LogP contribution in [-0.4, -0.2) is 40.6 Å². The number of urea groups is 1. The fourth-order valence-corrected chi connectivity index (χ4v) is 1.50. The zero-order valence-electron chi connectivity index (χ0n) is 9.53. The standard InChI is InChI=1S/C11H18N2O3/c1-3-7-13(8-4-2)10(16)12-11(5-6-11)9(14)15/h3H,1,4-8H2,2H3,(H,12,16)(H,14,15). The normalized spacial score (nSPS) is 16.3. The van der Waals surface area contributed by atoms with E-state index in [-0.39, 0.29) is 6.03 Å². The fraction of sp³-hybridized carbons (Fsp3) is 0.636. The van der Waals surface area contributed by atoms with E-state index in [1.807, 2.05) is 6.92 Å². The monoisotopic (exact) mass is 226 g/mol. The van der Waals surface area contributed by atoms with E-state index in [9.17, 15) is 9.59 Å². The predicted octanol–water partition coefficient (Wildman–Crippen LogP) is 1.21. The molecule has 5 nitrogen and oxygen atoms in total. The highest BCUT2D eigenvalue weighted by Crippen LogP contribution is 2.35. The number of nitrogens with one attached hydrogen (secondary N) is 1. The molecule has 5 heteroatoms. The highest BCUT2D eigenvalue weighted by Gasteiger charge is 2.52. The zero-order valence-corrected chi connectivity index (χ0v) is 9.53. The molecule has 0 saturated heterocycles. The van der Waals surface area contributed by atoms with Crippen LogP contribution in [0.5, 0.6) is 0 Å². The average Bonchev–Trinajstić information content (AvgIpc) is 2.98. The van der Waals surface area contributed by atoms with Crippen molar-refractivity contribution in [2.24, 2.45) is 0 Å². The van der Waals surface area contributed by atoms with Crippen molar-refractivity contribution in [1.29, 1.82) is 0 Å². The van der Waals surface area contributed by atoms with Crippen LogP contribution in [0.4, 0.5) is 4.79 Å². The molecule has 0 aromatic heterocycles. The summed E-state index contributed by atoms with van der Waals surface area (Å²) in [6.45, 7) is 6.58. The molecule has 0 spiro atoms. The Kier molecular flexibility index (Phi) is 3.93. The predicted molar refractivity (Wildman–Crippen MR) is 60.2 cm³/mol. The molecule has 2 amide bonds. The third-order valence-electron chi connectivity index (χ3n) is 2.64. The van der Waals surface area contributed by atoms with E-state index in [1.54, 1.807) is 11.0 Å². The highest BCUT2D eigenvalue weighted by molar-refractivity contribution is 5.89. The Balaban J connectivity index is 2.55. The molecule has 0 unspecified atom stereocenters. The van der Waals surface area contributed by atoms with Gasteiger partial charge in [-0.2, -0.15) is 0 Å². The van der Waals surface area contributed by atoms with Crippen LogP contribution in [0.15, 0.2) is 12.7 Å². The maximum atomic E-state index is 11.8. The first-order valence-electron chi connectivity index (χ1n) is 5.47. The minimum atomic E-state index is -1.01. The molecule has 0 radical (unpaired) electrons. The van der Waals surface area contributed by atoms with Crippen LogP contribution in [-0.2, 0) is 4.79 Å². The van der Waals surface area contributed by atoms with Crippen LogP contribution in [0, 0.1) is 0 Å². The van der Waals surface area contributed by atoms with Gasteiger partial charge in [-0.1, -0.05) is 13.0 Å². The minimum absolute atomic E-state index is 0.318. The third-order valence-corrected chi connectivity index (χ3v) is 2.64. The number of hydrogen-bond donors (Lipinski definition) is 2. The van der Waals surface area contributed by atoms with Crippen LogP contribution in [0.1, 0.15) is 26.2 Å².